The fourth-order valence-corrected chi connectivity index (χ4v) is 5.88. The van der Waals surface area contributed by atoms with Crippen molar-refractivity contribution in [3.05, 3.63) is 12.3 Å². The molecule has 3 aliphatic rings. The smallest absolute Gasteiger partial charge is 0.168 e. The molecule has 0 aromatic rings. The fourth-order valence-electron chi connectivity index (χ4n) is 5.88. The third kappa shape index (κ3) is 5.01. The Balaban J connectivity index is 1.44. The highest BCUT2D eigenvalue weighted by atomic mass is 19.2. The van der Waals surface area contributed by atoms with Crippen molar-refractivity contribution in [1.82, 2.24) is 0 Å². The normalized spacial score (nSPS) is 44.5. The topological polar surface area (TPSA) is 9.23 Å². The van der Waals surface area contributed by atoms with Gasteiger partial charge in [0.15, 0.2) is 6.17 Å². The van der Waals surface area contributed by atoms with E-state index in [0.717, 1.165) is 37.0 Å². The van der Waals surface area contributed by atoms with Crippen molar-refractivity contribution >= 4 is 0 Å². The van der Waals surface area contributed by atoms with E-state index in [9.17, 15) is 8.78 Å². The molecule has 0 aliphatic heterocycles. The van der Waals surface area contributed by atoms with E-state index in [4.69, 9.17) is 4.74 Å². The predicted octanol–water partition coefficient (Wildman–Crippen LogP) is 7.01. The van der Waals surface area contributed by atoms with Crippen LogP contribution < -0.4 is 0 Å². The molecule has 0 N–H and O–H groups in total. The molecule has 0 radical (unpaired) electrons. The van der Waals surface area contributed by atoms with E-state index in [2.05, 4.69) is 13.5 Å². The van der Waals surface area contributed by atoms with Crippen molar-refractivity contribution in [1.29, 1.82) is 0 Å². The second kappa shape index (κ2) is 9.06. The summed E-state index contributed by atoms with van der Waals surface area (Å²) in [5, 5.41) is 0. The third-order valence-electron chi connectivity index (χ3n) is 7.50. The van der Waals surface area contributed by atoms with Crippen LogP contribution in [0.15, 0.2) is 12.3 Å². The molecule has 4 unspecified atom stereocenters. The average Bonchev–Trinajstić information content (AvgIpc) is 2.62. The summed E-state index contributed by atoms with van der Waals surface area (Å²) in [5.74, 6) is 3.42. The summed E-state index contributed by atoms with van der Waals surface area (Å²) in [6.45, 7) is 7.75. The Morgan fingerprint density at radius 2 is 1.42 bits per heavy atom. The second-order valence-electron chi connectivity index (χ2n) is 9.63. The molecule has 0 spiro atoms. The minimum atomic E-state index is -1.49. The monoisotopic (exact) mass is 368 g/mol. The van der Waals surface area contributed by atoms with Crippen LogP contribution >= 0.6 is 0 Å². The van der Waals surface area contributed by atoms with Gasteiger partial charge in [-0.15, -0.1) is 0 Å². The molecule has 3 rings (SSSR count). The van der Waals surface area contributed by atoms with Crippen molar-refractivity contribution < 1.29 is 13.5 Å². The summed E-state index contributed by atoms with van der Waals surface area (Å²) in [6.07, 6.45) is 9.52. The number of rotatable bonds is 5. The lowest BCUT2D eigenvalue weighted by Crippen LogP contribution is -2.45. The molecular formula is C23H38F2O. The van der Waals surface area contributed by atoms with Crippen molar-refractivity contribution in [3.63, 3.8) is 0 Å². The lowest BCUT2D eigenvalue weighted by Gasteiger charge is -2.41. The van der Waals surface area contributed by atoms with Crippen molar-refractivity contribution in [2.45, 2.75) is 103 Å². The van der Waals surface area contributed by atoms with Gasteiger partial charge in [0.05, 0.1) is 5.76 Å². The molecule has 0 aromatic heterocycles. The van der Waals surface area contributed by atoms with E-state index in [1.165, 1.54) is 44.9 Å². The Morgan fingerprint density at radius 3 is 2.00 bits per heavy atom. The summed E-state index contributed by atoms with van der Waals surface area (Å²) in [7, 11) is 0. The van der Waals surface area contributed by atoms with Crippen LogP contribution in [-0.2, 0) is 4.74 Å². The van der Waals surface area contributed by atoms with Crippen LogP contribution in [0.2, 0.25) is 0 Å². The molecule has 3 aliphatic carbocycles. The molecule has 3 saturated carbocycles. The highest BCUT2D eigenvalue weighted by molar-refractivity contribution is 4.95. The molecule has 0 bridgehead atoms. The van der Waals surface area contributed by atoms with Crippen LogP contribution in [0, 0.1) is 29.6 Å². The number of ether oxygens (including phenoxy) is 1. The van der Waals surface area contributed by atoms with Crippen LogP contribution in [0.5, 0.6) is 0 Å². The second-order valence-corrected chi connectivity index (χ2v) is 9.63. The number of halogens is 2. The molecule has 4 atom stereocenters. The zero-order valence-electron chi connectivity index (χ0n) is 16.8. The molecule has 0 aromatic carbocycles. The highest BCUT2D eigenvalue weighted by Gasteiger charge is 2.45. The summed E-state index contributed by atoms with van der Waals surface area (Å²) in [6, 6.07) is 0. The first-order valence-corrected chi connectivity index (χ1v) is 11.0. The van der Waals surface area contributed by atoms with Gasteiger partial charge in [0.2, 0.25) is 0 Å². The van der Waals surface area contributed by atoms with Crippen molar-refractivity contribution in [3.8, 4) is 0 Å². The third-order valence-corrected chi connectivity index (χ3v) is 7.50. The largest absolute Gasteiger partial charge is 0.493 e. The number of allylic oxidation sites excluding steroid dienone is 1. The van der Waals surface area contributed by atoms with Crippen LogP contribution in [-0.4, -0.2) is 18.4 Å². The SMILES string of the molecule is C=C(C)OC1CCC(C2CCC(CC3CCC(C)CC3)CC2)C(F)C1F. The van der Waals surface area contributed by atoms with E-state index in [1.54, 1.807) is 6.92 Å². The van der Waals surface area contributed by atoms with E-state index in [-0.39, 0.29) is 5.92 Å². The van der Waals surface area contributed by atoms with Gasteiger partial charge in [-0.2, -0.15) is 0 Å². The molecule has 1 nitrogen and oxygen atoms in total. The summed E-state index contributed by atoms with van der Waals surface area (Å²) in [4.78, 5) is 0. The Bertz CT molecular complexity index is 449. The quantitative estimate of drug-likeness (QED) is 0.474. The van der Waals surface area contributed by atoms with Gasteiger partial charge >= 0.3 is 0 Å². The zero-order valence-corrected chi connectivity index (χ0v) is 16.8. The van der Waals surface area contributed by atoms with E-state index < -0.39 is 18.4 Å². The first-order chi connectivity index (χ1) is 12.4. The summed E-state index contributed by atoms with van der Waals surface area (Å²) >= 11 is 0. The molecule has 3 heteroatoms. The van der Waals surface area contributed by atoms with Gasteiger partial charge in [0.1, 0.15) is 12.3 Å². The molecule has 26 heavy (non-hydrogen) atoms. The predicted molar refractivity (Wildman–Crippen MR) is 103 cm³/mol. The molecule has 0 heterocycles. The maximum atomic E-state index is 14.7. The maximum Gasteiger partial charge on any atom is 0.168 e. The van der Waals surface area contributed by atoms with Crippen molar-refractivity contribution in [2.75, 3.05) is 0 Å². The summed E-state index contributed by atoms with van der Waals surface area (Å²) in [5.41, 5.74) is 0. The molecule has 3 fully saturated rings. The molecular weight excluding hydrogens is 330 g/mol. The maximum absolute atomic E-state index is 14.7. The van der Waals surface area contributed by atoms with E-state index in [0.29, 0.717) is 18.1 Å². The van der Waals surface area contributed by atoms with Gasteiger partial charge in [-0.3, -0.25) is 0 Å². The van der Waals surface area contributed by atoms with Crippen LogP contribution in [0.1, 0.15) is 84.5 Å². The molecule has 0 amide bonds. The fraction of sp³-hybridized carbons (Fsp3) is 0.913. The molecule has 150 valence electrons. The molecule has 0 saturated heterocycles. The number of alkyl halides is 2. The van der Waals surface area contributed by atoms with Gasteiger partial charge in [-0.1, -0.05) is 52.0 Å². The summed E-state index contributed by atoms with van der Waals surface area (Å²) < 4.78 is 34.6. The van der Waals surface area contributed by atoms with Gasteiger partial charge < -0.3 is 4.74 Å². The Kier molecular flexibility index (Phi) is 7.02. The lowest BCUT2D eigenvalue weighted by molar-refractivity contribution is -0.0668. The minimum Gasteiger partial charge on any atom is -0.493 e. The van der Waals surface area contributed by atoms with Crippen LogP contribution in [0.3, 0.4) is 0 Å². The number of hydrogen-bond donors (Lipinski definition) is 0. The first kappa shape index (κ1) is 20.1. The van der Waals surface area contributed by atoms with E-state index in [1.807, 2.05) is 0 Å². The highest BCUT2D eigenvalue weighted by Crippen LogP contribution is 2.45. The standard InChI is InChI=1S/C23H38F2O/c1-15(2)26-21-13-12-20(22(24)23(21)25)19-10-8-18(9-11-19)14-17-6-4-16(3)5-7-17/h16-23H,1,4-14H2,2-3H3. The van der Waals surface area contributed by atoms with Gasteiger partial charge in [-0.25, -0.2) is 8.78 Å². The van der Waals surface area contributed by atoms with E-state index >= 15 is 0 Å². The zero-order chi connectivity index (χ0) is 18.7. The minimum absolute atomic E-state index is 0.105. The van der Waals surface area contributed by atoms with Crippen molar-refractivity contribution in [2.24, 2.45) is 29.6 Å². The van der Waals surface area contributed by atoms with Gasteiger partial charge in [0, 0.05) is 0 Å². The first-order valence-electron chi connectivity index (χ1n) is 11.0. The van der Waals surface area contributed by atoms with Gasteiger partial charge in [-0.05, 0) is 68.6 Å². The van der Waals surface area contributed by atoms with Gasteiger partial charge in [0.25, 0.3) is 0 Å². The average molecular weight is 369 g/mol. The number of hydrogen-bond acceptors (Lipinski definition) is 1. The lowest BCUT2D eigenvalue weighted by atomic mass is 9.67. The Labute approximate surface area is 159 Å². The van der Waals surface area contributed by atoms with Crippen LogP contribution in [0.25, 0.3) is 0 Å². The Hall–Kier alpha value is -0.600. The Morgan fingerprint density at radius 1 is 0.846 bits per heavy atom. The van der Waals surface area contributed by atoms with Crippen LogP contribution in [0.4, 0.5) is 8.78 Å².